The Kier molecular flexibility index (Phi) is 3.07. The quantitative estimate of drug-likeness (QED) is 0.917. The van der Waals surface area contributed by atoms with Gasteiger partial charge in [-0.15, -0.1) is 0 Å². The van der Waals surface area contributed by atoms with E-state index in [1.807, 2.05) is 32.2 Å². The SMILES string of the molecule is Cn1c(CC(C)(O)C2CCOC2)nc2ccccc21. The first-order valence-corrected chi connectivity index (χ1v) is 6.78. The van der Waals surface area contributed by atoms with Crippen LogP contribution in [0.3, 0.4) is 0 Å². The highest BCUT2D eigenvalue weighted by Gasteiger charge is 2.36. The summed E-state index contributed by atoms with van der Waals surface area (Å²) in [6.07, 6.45) is 1.49. The maximum absolute atomic E-state index is 10.7. The first kappa shape index (κ1) is 12.6. The summed E-state index contributed by atoms with van der Waals surface area (Å²) in [6, 6.07) is 8.06. The molecule has 1 fully saturated rings. The Hall–Kier alpha value is -1.39. The molecule has 2 heterocycles. The zero-order valence-corrected chi connectivity index (χ0v) is 11.5. The van der Waals surface area contributed by atoms with Gasteiger partial charge in [-0.1, -0.05) is 12.1 Å². The Labute approximate surface area is 113 Å². The molecule has 1 aromatic heterocycles. The van der Waals surface area contributed by atoms with Gasteiger partial charge in [0.05, 0.1) is 23.2 Å². The van der Waals surface area contributed by atoms with E-state index in [9.17, 15) is 5.11 Å². The molecule has 3 rings (SSSR count). The summed E-state index contributed by atoms with van der Waals surface area (Å²) in [5.74, 6) is 1.13. The molecule has 1 aliphatic heterocycles. The van der Waals surface area contributed by atoms with Gasteiger partial charge < -0.3 is 14.4 Å². The fourth-order valence-corrected chi connectivity index (χ4v) is 2.84. The average Bonchev–Trinajstić information content (AvgIpc) is 3.00. The van der Waals surface area contributed by atoms with E-state index in [1.165, 1.54) is 0 Å². The van der Waals surface area contributed by atoms with E-state index in [4.69, 9.17) is 4.74 Å². The lowest BCUT2D eigenvalue weighted by Gasteiger charge is -2.28. The number of hydrogen-bond donors (Lipinski definition) is 1. The van der Waals surface area contributed by atoms with Gasteiger partial charge >= 0.3 is 0 Å². The van der Waals surface area contributed by atoms with Crippen molar-refractivity contribution < 1.29 is 9.84 Å². The fourth-order valence-electron chi connectivity index (χ4n) is 2.84. The topological polar surface area (TPSA) is 47.3 Å². The lowest BCUT2D eigenvalue weighted by Crippen LogP contribution is -2.38. The molecule has 1 aromatic carbocycles. The number of imidazole rings is 1. The second kappa shape index (κ2) is 4.62. The molecule has 0 amide bonds. The zero-order valence-electron chi connectivity index (χ0n) is 11.5. The average molecular weight is 260 g/mol. The molecule has 4 heteroatoms. The van der Waals surface area contributed by atoms with Crippen LogP contribution in [0, 0.1) is 5.92 Å². The van der Waals surface area contributed by atoms with Gasteiger partial charge in [0.15, 0.2) is 0 Å². The van der Waals surface area contributed by atoms with Crippen LogP contribution in [0.15, 0.2) is 24.3 Å². The predicted octanol–water partition coefficient (Wildman–Crippen LogP) is 1.90. The number of aromatic nitrogens is 2. The molecule has 19 heavy (non-hydrogen) atoms. The summed E-state index contributed by atoms with van der Waals surface area (Å²) in [5.41, 5.74) is 1.33. The molecule has 2 unspecified atom stereocenters. The number of para-hydroxylation sites is 2. The molecule has 1 saturated heterocycles. The van der Waals surface area contributed by atoms with Crippen LogP contribution in [-0.2, 0) is 18.2 Å². The van der Waals surface area contributed by atoms with Crippen molar-refractivity contribution in [3.8, 4) is 0 Å². The minimum atomic E-state index is -0.758. The Morgan fingerprint density at radius 3 is 2.95 bits per heavy atom. The Morgan fingerprint density at radius 1 is 1.47 bits per heavy atom. The summed E-state index contributed by atoms with van der Waals surface area (Å²) >= 11 is 0. The van der Waals surface area contributed by atoms with Crippen molar-refractivity contribution >= 4 is 11.0 Å². The van der Waals surface area contributed by atoms with Crippen LogP contribution in [0.5, 0.6) is 0 Å². The third-order valence-electron chi connectivity index (χ3n) is 4.20. The molecule has 0 spiro atoms. The van der Waals surface area contributed by atoms with Crippen LogP contribution in [0.25, 0.3) is 11.0 Å². The van der Waals surface area contributed by atoms with Gasteiger partial charge in [0.1, 0.15) is 5.82 Å². The van der Waals surface area contributed by atoms with Crippen LogP contribution in [0.1, 0.15) is 19.2 Å². The number of hydrogen-bond acceptors (Lipinski definition) is 3. The highest BCUT2D eigenvalue weighted by atomic mass is 16.5. The van der Waals surface area contributed by atoms with Crippen molar-refractivity contribution in [2.45, 2.75) is 25.4 Å². The van der Waals surface area contributed by atoms with Crippen LogP contribution in [0.4, 0.5) is 0 Å². The standard InChI is InChI=1S/C15H20N2O2/c1-15(18,11-7-8-19-10-11)9-14-16-12-5-3-4-6-13(12)17(14)2/h3-6,11,18H,7-10H2,1-2H3. The normalized spacial score (nSPS) is 22.8. The second-order valence-corrected chi connectivity index (χ2v) is 5.67. The number of nitrogens with zero attached hydrogens (tertiary/aromatic N) is 2. The molecule has 0 bridgehead atoms. The summed E-state index contributed by atoms with van der Waals surface area (Å²) < 4.78 is 7.45. The monoisotopic (exact) mass is 260 g/mol. The Morgan fingerprint density at radius 2 is 2.26 bits per heavy atom. The van der Waals surface area contributed by atoms with E-state index in [0.29, 0.717) is 13.0 Å². The molecular formula is C15H20N2O2. The van der Waals surface area contributed by atoms with E-state index in [1.54, 1.807) is 0 Å². The molecular weight excluding hydrogens is 240 g/mol. The maximum atomic E-state index is 10.7. The lowest BCUT2D eigenvalue weighted by atomic mass is 9.85. The third-order valence-corrected chi connectivity index (χ3v) is 4.20. The molecule has 2 atom stereocenters. The molecule has 1 N–H and O–H groups in total. The second-order valence-electron chi connectivity index (χ2n) is 5.67. The van der Waals surface area contributed by atoms with Gasteiger partial charge in [-0.2, -0.15) is 0 Å². The maximum Gasteiger partial charge on any atom is 0.112 e. The van der Waals surface area contributed by atoms with Gasteiger partial charge in [-0.25, -0.2) is 4.98 Å². The van der Waals surface area contributed by atoms with Crippen LogP contribution >= 0.6 is 0 Å². The lowest BCUT2D eigenvalue weighted by molar-refractivity contribution is -0.00652. The Balaban J connectivity index is 1.90. The number of rotatable bonds is 3. The van der Waals surface area contributed by atoms with Crippen LogP contribution < -0.4 is 0 Å². The van der Waals surface area contributed by atoms with Crippen molar-refractivity contribution in [1.82, 2.24) is 9.55 Å². The van der Waals surface area contributed by atoms with Gasteiger partial charge in [0.25, 0.3) is 0 Å². The van der Waals surface area contributed by atoms with Gasteiger partial charge in [0, 0.05) is 26.0 Å². The van der Waals surface area contributed by atoms with E-state index < -0.39 is 5.60 Å². The van der Waals surface area contributed by atoms with Crippen molar-refractivity contribution in [1.29, 1.82) is 0 Å². The van der Waals surface area contributed by atoms with E-state index >= 15 is 0 Å². The highest BCUT2D eigenvalue weighted by molar-refractivity contribution is 5.75. The van der Waals surface area contributed by atoms with Crippen molar-refractivity contribution in [3.05, 3.63) is 30.1 Å². The van der Waals surface area contributed by atoms with Crippen LogP contribution in [-0.4, -0.2) is 33.5 Å². The minimum Gasteiger partial charge on any atom is -0.389 e. The highest BCUT2D eigenvalue weighted by Crippen LogP contribution is 2.29. The predicted molar refractivity (Wildman–Crippen MR) is 74.0 cm³/mol. The summed E-state index contributed by atoms with van der Waals surface area (Å²) in [7, 11) is 2.01. The molecule has 102 valence electrons. The van der Waals surface area contributed by atoms with Crippen molar-refractivity contribution in [2.75, 3.05) is 13.2 Å². The molecule has 0 aliphatic carbocycles. The van der Waals surface area contributed by atoms with Crippen molar-refractivity contribution in [3.63, 3.8) is 0 Å². The zero-order chi connectivity index (χ0) is 13.5. The van der Waals surface area contributed by atoms with Crippen LogP contribution in [0.2, 0.25) is 0 Å². The van der Waals surface area contributed by atoms with E-state index in [-0.39, 0.29) is 5.92 Å². The fraction of sp³-hybridized carbons (Fsp3) is 0.533. The number of aryl methyl sites for hydroxylation is 1. The van der Waals surface area contributed by atoms with E-state index in [2.05, 4.69) is 15.6 Å². The number of ether oxygens (including phenoxy) is 1. The Bertz CT molecular complexity index is 583. The first-order chi connectivity index (χ1) is 9.08. The largest absolute Gasteiger partial charge is 0.389 e. The molecule has 1 aliphatic rings. The first-order valence-electron chi connectivity index (χ1n) is 6.78. The number of aliphatic hydroxyl groups is 1. The molecule has 0 radical (unpaired) electrons. The van der Waals surface area contributed by atoms with Crippen molar-refractivity contribution in [2.24, 2.45) is 13.0 Å². The number of fused-ring (bicyclic) bond motifs is 1. The summed E-state index contributed by atoms with van der Waals surface area (Å²) in [6.45, 7) is 3.30. The van der Waals surface area contributed by atoms with Gasteiger partial charge in [-0.3, -0.25) is 0 Å². The summed E-state index contributed by atoms with van der Waals surface area (Å²) in [4.78, 5) is 4.63. The minimum absolute atomic E-state index is 0.201. The summed E-state index contributed by atoms with van der Waals surface area (Å²) in [5, 5.41) is 10.7. The number of benzene rings is 1. The molecule has 0 saturated carbocycles. The third kappa shape index (κ3) is 2.26. The van der Waals surface area contributed by atoms with Gasteiger partial charge in [0.2, 0.25) is 0 Å². The molecule has 4 nitrogen and oxygen atoms in total. The smallest absolute Gasteiger partial charge is 0.112 e. The van der Waals surface area contributed by atoms with Gasteiger partial charge in [-0.05, 0) is 25.5 Å². The molecule has 2 aromatic rings. The van der Waals surface area contributed by atoms with E-state index in [0.717, 1.165) is 29.9 Å².